The topological polar surface area (TPSA) is 63.2 Å². The Balaban J connectivity index is 2.73. The Hall–Kier alpha value is -0.580. The molecular formula is C8H15NO3S. The van der Waals surface area contributed by atoms with E-state index in [4.69, 9.17) is 0 Å². The maximum Gasteiger partial charge on any atom is 0.221 e. The van der Waals surface area contributed by atoms with Crippen molar-refractivity contribution < 1.29 is 13.2 Å². The molecule has 0 bridgehead atoms. The molecule has 13 heavy (non-hydrogen) atoms. The van der Waals surface area contributed by atoms with Gasteiger partial charge in [-0.25, -0.2) is 8.42 Å². The normalized spacial score (nSPS) is 25.0. The third kappa shape index (κ3) is 2.69. The quantitative estimate of drug-likeness (QED) is 0.711. The van der Waals surface area contributed by atoms with Crippen molar-refractivity contribution in [2.75, 3.05) is 5.75 Å². The number of carbonyl (C=O) groups excluding carboxylic acids is 1. The van der Waals surface area contributed by atoms with Crippen LogP contribution in [0.4, 0.5) is 0 Å². The molecule has 0 radical (unpaired) electrons. The first-order valence-corrected chi connectivity index (χ1v) is 6.28. The Morgan fingerprint density at radius 3 is 2.77 bits per heavy atom. The number of rotatable bonds is 2. The lowest BCUT2D eigenvalue weighted by Crippen LogP contribution is -2.39. The van der Waals surface area contributed by atoms with Crippen LogP contribution < -0.4 is 5.32 Å². The largest absolute Gasteiger partial charge is 0.340 e. The summed E-state index contributed by atoms with van der Waals surface area (Å²) in [5, 5.41) is 1.90. The molecule has 1 atom stereocenters. The lowest BCUT2D eigenvalue weighted by atomic mass is 10.2. The predicted octanol–water partition coefficient (Wildman–Crippen LogP) is 0.437. The molecule has 0 saturated carbocycles. The zero-order valence-electron chi connectivity index (χ0n) is 7.75. The molecule has 1 rings (SSSR count). The first-order valence-electron chi connectivity index (χ1n) is 4.57. The van der Waals surface area contributed by atoms with E-state index in [2.05, 4.69) is 5.32 Å². The van der Waals surface area contributed by atoms with E-state index in [1.807, 2.05) is 0 Å². The molecule has 1 saturated heterocycles. The maximum absolute atomic E-state index is 11.4. The van der Waals surface area contributed by atoms with Gasteiger partial charge in [-0.2, -0.15) is 0 Å². The number of hydrogen-bond acceptors (Lipinski definition) is 3. The zero-order valence-corrected chi connectivity index (χ0v) is 8.56. The van der Waals surface area contributed by atoms with Crippen LogP contribution in [0.15, 0.2) is 0 Å². The van der Waals surface area contributed by atoms with E-state index in [0.717, 1.165) is 12.8 Å². The molecule has 1 amide bonds. The second-order valence-electron chi connectivity index (χ2n) is 3.25. The van der Waals surface area contributed by atoms with Gasteiger partial charge in [-0.1, -0.05) is 6.92 Å². The van der Waals surface area contributed by atoms with E-state index in [0.29, 0.717) is 12.8 Å². The van der Waals surface area contributed by atoms with Crippen LogP contribution >= 0.6 is 0 Å². The van der Waals surface area contributed by atoms with Crippen molar-refractivity contribution in [1.82, 2.24) is 5.32 Å². The Bertz CT molecular complexity index is 284. The van der Waals surface area contributed by atoms with Crippen molar-refractivity contribution in [3.63, 3.8) is 0 Å². The molecule has 0 aromatic carbocycles. The molecule has 1 fully saturated rings. The summed E-state index contributed by atoms with van der Waals surface area (Å²) in [5.41, 5.74) is 0. The minimum Gasteiger partial charge on any atom is -0.340 e. The molecule has 0 spiro atoms. The van der Waals surface area contributed by atoms with Crippen molar-refractivity contribution in [3.8, 4) is 0 Å². The van der Waals surface area contributed by atoms with Gasteiger partial charge in [0, 0.05) is 12.2 Å². The van der Waals surface area contributed by atoms with Gasteiger partial charge in [0.1, 0.15) is 5.37 Å². The van der Waals surface area contributed by atoms with Crippen LogP contribution in [-0.4, -0.2) is 25.5 Å². The average Bonchev–Trinajstić information content (AvgIpc) is 2.30. The van der Waals surface area contributed by atoms with Crippen LogP contribution in [0.3, 0.4) is 0 Å². The fourth-order valence-electron chi connectivity index (χ4n) is 1.41. The summed E-state index contributed by atoms with van der Waals surface area (Å²) in [6.45, 7) is 1.60. The Morgan fingerprint density at radius 1 is 1.46 bits per heavy atom. The van der Waals surface area contributed by atoms with Gasteiger partial charge in [0.05, 0.1) is 0 Å². The molecule has 0 aromatic rings. The summed E-state index contributed by atoms with van der Waals surface area (Å²) >= 11 is 0. The predicted molar refractivity (Wildman–Crippen MR) is 49.9 cm³/mol. The molecular weight excluding hydrogens is 190 g/mol. The molecule has 1 heterocycles. The zero-order chi connectivity index (χ0) is 9.90. The third-order valence-corrected chi connectivity index (χ3v) is 4.30. The van der Waals surface area contributed by atoms with E-state index in [1.54, 1.807) is 6.92 Å². The van der Waals surface area contributed by atoms with Crippen LogP contribution in [0.1, 0.15) is 32.6 Å². The second kappa shape index (κ2) is 4.09. The fraction of sp³-hybridized carbons (Fsp3) is 0.875. The molecule has 0 unspecified atom stereocenters. The molecule has 0 aromatic heterocycles. The Kier molecular flexibility index (Phi) is 3.30. The molecule has 76 valence electrons. The van der Waals surface area contributed by atoms with E-state index in [-0.39, 0.29) is 11.7 Å². The summed E-state index contributed by atoms with van der Waals surface area (Å²) in [6, 6.07) is 0. The van der Waals surface area contributed by atoms with E-state index < -0.39 is 15.2 Å². The first kappa shape index (κ1) is 10.5. The molecule has 4 nitrogen and oxygen atoms in total. The Morgan fingerprint density at radius 2 is 2.15 bits per heavy atom. The van der Waals surface area contributed by atoms with Gasteiger partial charge in [-0.3, -0.25) is 4.79 Å². The Labute approximate surface area is 78.6 Å². The van der Waals surface area contributed by atoms with Crippen molar-refractivity contribution in [1.29, 1.82) is 0 Å². The number of nitrogens with one attached hydrogen (secondary N) is 1. The summed E-state index contributed by atoms with van der Waals surface area (Å²) in [6.07, 6.45) is 2.61. The van der Waals surface area contributed by atoms with Crippen LogP contribution in [0, 0.1) is 0 Å². The number of carbonyl (C=O) groups is 1. The minimum atomic E-state index is -3.11. The van der Waals surface area contributed by atoms with Crippen molar-refractivity contribution in [2.45, 2.75) is 38.0 Å². The average molecular weight is 205 g/mol. The number of sulfone groups is 1. The van der Waals surface area contributed by atoms with Crippen LogP contribution in [0.25, 0.3) is 0 Å². The van der Waals surface area contributed by atoms with Gasteiger partial charge in [0.2, 0.25) is 5.91 Å². The van der Waals surface area contributed by atoms with Crippen molar-refractivity contribution in [3.05, 3.63) is 0 Å². The standard InChI is InChI=1S/C8H15NO3S/c1-2-13(11,12)8-6-4-3-5-7(10)9-8/h8H,2-6H2,1H3,(H,9,10)/t8-/m0/s1. The highest BCUT2D eigenvalue weighted by molar-refractivity contribution is 7.91. The van der Waals surface area contributed by atoms with E-state index >= 15 is 0 Å². The van der Waals surface area contributed by atoms with Crippen LogP contribution in [-0.2, 0) is 14.6 Å². The van der Waals surface area contributed by atoms with Crippen LogP contribution in [0.5, 0.6) is 0 Å². The van der Waals surface area contributed by atoms with Crippen LogP contribution in [0.2, 0.25) is 0 Å². The van der Waals surface area contributed by atoms with Gasteiger partial charge >= 0.3 is 0 Å². The molecule has 1 aliphatic rings. The van der Waals surface area contributed by atoms with Gasteiger partial charge in [0.25, 0.3) is 0 Å². The van der Waals surface area contributed by atoms with Gasteiger partial charge in [0.15, 0.2) is 9.84 Å². The van der Waals surface area contributed by atoms with Crippen molar-refractivity contribution >= 4 is 15.7 Å². The third-order valence-electron chi connectivity index (χ3n) is 2.28. The van der Waals surface area contributed by atoms with Gasteiger partial charge in [-0.15, -0.1) is 0 Å². The summed E-state index contributed by atoms with van der Waals surface area (Å²) in [5.74, 6) is -0.0441. The molecule has 1 N–H and O–H groups in total. The number of amides is 1. The fourth-order valence-corrected chi connectivity index (χ4v) is 2.65. The molecule has 0 aliphatic carbocycles. The maximum atomic E-state index is 11.4. The highest BCUT2D eigenvalue weighted by Crippen LogP contribution is 2.14. The van der Waals surface area contributed by atoms with E-state index in [9.17, 15) is 13.2 Å². The van der Waals surface area contributed by atoms with E-state index in [1.165, 1.54) is 0 Å². The molecule has 1 aliphatic heterocycles. The summed E-state index contributed by atoms with van der Waals surface area (Å²) < 4.78 is 22.9. The van der Waals surface area contributed by atoms with Gasteiger partial charge in [-0.05, 0) is 19.3 Å². The highest BCUT2D eigenvalue weighted by atomic mass is 32.2. The second-order valence-corrected chi connectivity index (χ2v) is 5.73. The first-order chi connectivity index (χ1) is 6.06. The highest BCUT2D eigenvalue weighted by Gasteiger charge is 2.26. The van der Waals surface area contributed by atoms with Crippen molar-refractivity contribution in [2.24, 2.45) is 0 Å². The monoisotopic (exact) mass is 205 g/mol. The summed E-state index contributed by atoms with van der Waals surface area (Å²) in [7, 11) is -3.11. The lowest BCUT2D eigenvalue weighted by molar-refractivity contribution is -0.121. The smallest absolute Gasteiger partial charge is 0.221 e. The SMILES string of the molecule is CCS(=O)(=O)[C@H]1CCCCC(=O)N1. The minimum absolute atomic E-state index is 0.0952. The lowest BCUT2D eigenvalue weighted by Gasteiger charge is -2.14. The van der Waals surface area contributed by atoms with Gasteiger partial charge < -0.3 is 5.32 Å². The number of hydrogen-bond donors (Lipinski definition) is 1. The summed E-state index contributed by atoms with van der Waals surface area (Å²) in [4.78, 5) is 11.1. The molecule has 5 heteroatoms.